The topological polar surface area (TPSA) is 52.3 Å². The molecule has 0 saturated carbocycles. The van der Waals surface area contributed by atoms with Gasteiger partial charge in [-0.2, -0.15) is 0 Å². The van der Waals surface area contributed by atoms with Crippen molar-refractivity contribution in [3.05, 3.63) is 35.9 Å². The van der Waals surface area contributed by atoms with Crippen molar-refractivity contribution in [2.45, 2.75) is 45.1 Å². The van der Waals surface area contributed by atoms with Crippen molar-refractivity contribution in [1.82, 2.24) is 0 Å². The van der Waals surface area contributed by atoms with Gasteiger partial charge in [0.15, 0.2) is 0 Å². The van der Waals surface area contributed by atoms with E-state index in [1.807, 2.05) is 25.1 Å². The van der Waals surface area contributed by atoms with Gasteiger partial charge in [0, 0.05) is 12.5 Å². The van der Waals surface area contributed by atoms with E-state index in [0.717, 1.165) is 25.7 Å². The maximum Gasteiger partial charge on any atom is 0.305 e. The number of carbonyl (C=O) groups excluding carboxylic acids is 1. The average Bonchev–Trinajstić information content (AvgIpc) is 2.35. The fourth-order valence-electron chi connectivity index (χ4n) is 1.75. The van der Waals surface area contributed by atoms with Crippen LogP contribution in [0.15, 0.2) is 30.3 Å². The van der Waals surface area contributed by atoms with Gasteiger partial charge in [-0.15, -0.1) is 0 Å². The Balaban J connectivity index is 2.02. The summed E-state index contributed by atoms with van der Waals surface area (Å²) in [6.07, 6.45) is 4.00. The number of hydrogen-bond donors (Lipinski definition) is 1. The molecule has 0 heterocycles. The number of hydrogen-bond acceptors (Lipinski definition) is 3. The van der Waals surface area contributed by atoms with E-state index in [0.29, 0.717) is 13.0 Å². The minimum Gasteiger partial charge on any atom is -0.466 e. The molecular weight excluding hydrogens is 226 g/mol. The number of aryl methyl sites for hydroxylation is 1. The number of benzene rings is 1. The third-order valence-corrected chi connectivity index (χ3v) is 2.76. The summed E-state index contributed by atoms with van der Waals surface area (Å²) in [5.74, 6) is -0.108. The fraction of sp³-hybridized carbons (Fsp3) is 0.533. The summed E-state index contributed by atoms with van der Waals surface area (Å²) < 4.78 is 5.17. The lowest BCUT2D eigenvalue weighted by Gasteiger charge is -2.06. The first-order chi connectivity index (χ1) is 8.68. The molecule has 0 amide bonds. The van der Waals surface area contributed by atoms with Crippen LogP contribution < -0.4 is 5.73 Å². The highest BCUT2D eigenvalue weighted by atomic mass is 16.5. The molecule has 1 atom stereocenters. The molecule has 0 aliphatic heterocycles. The Kier molecular flexibility index (Phi) is 7.11. The van der Waals surface area contributed by atoms with Gasteiger partial charge in [-0.05, 0) is 38.2 Å². The predicted octanol–water partition coefficient (Wildman–Crippen LogP) is 2.68. The van der Waals surface area contributed by atoms with Crippen LogP contribution in [0, 0.1) is 0 Å². The fourth-order valence-corrected chi connectivity index (χ4v) is 1.75. The second-order valence-corrected chi connectivity index (χ2v) is 4.68. The van der Waals surface area contributed by atoms with Gasteiger partial charge >= 0.3 is 5.97 Å². The van der Waals surface area contributed by atoms with Crippen LogP contribution in [0.2, 0.25) is 0 Å². The van der Waals surface area contributed by atoms with Crippen LogP contribution >= 0.6 is 0 Å². The maximum absolute atomic E-state index is 11.4. The third-order valence-electron chi connectivity index (χ3n) is 2.76. The summed E-state index contributed by atoms with van der Waals surface area (Å²) in [5, 5.41) is 0. The molecule has 3 heteroatoms. The van der Waals surface area contributed by atoms with Gasteiger partial charge in [0.25, 0.3) is 0 Å². The summed E-state index contributed by atoms with van der Waals surface area (Å²) >= 11 is 0. The van der Waals surface area contributed by atoms with E-state index < -0.39 is 0 Å². The molecule has 0 spiro atoms. The van der Waals surface area contributed by atoms with E-state index in [1.54, 1.807) is 0 Å². The summed E-state index contributed by atoms with van der Waals surface area (Å²) in [5.41, 5.74) is 6.90. The summed E-state index contributed by atoms with van der Waals surface area (Å²) in [6, 6.07) is 10.4. The van der Waals surface area contributed by atoms with Crippen LogP contribution in [0.1, 0.15) is 38.2 Å². The molecule has 0 saturated heterocycles. The molecule has 0 radical (unpaired) electrons. The first-order valence-electron chi connectivity index (χ1n) is 6.63. The van der Waals surface area contributed by atoms with Crippen molar-refractivity contribution in [3.63, 3.8) is 0 Å². The molecule has 3 nitrogen and oxygen atoms in total. The average molecular weight is 249 g/mol. The predicted molar refractivity (Wildman–Crippen MR) is 73.2 cm³/mol. The number of esters is 1. The SMILES string of the molecule is CC(N)CCCC(=O)OCCCc1ccccc1. The highest BCUT2D eigenvalue weighted by molar-refractivity contribution is 5.69. The number of carbonyl (C=O) groups is 1. The summed E-state index contributed by atoms with van der Waals surface area (Å²) in [6.45, 7) is 2.46. The largest absolute Gasteiger partial charge is 0.466 e. The van der Waals surface area contributed by atoms with Crippen molar-refractivity contribution in [3.8, 4) is 0 Å². The van der Waals surface area contributed by atoms with Crippen LogP contribution in [-0.4, -0.2) is 18.6 Å². The zero-order valence-corrected chi connectivity index (χ0v) is 11.1. The minimum atomic E-state index is -0.108. The van der Waals surface area contributed by atoms with Gasteiger partial charge in [0.1, 0.15) is 0 Å². The minimum absolute atomic E-state index is 0.108. The van der Waals surface area contributed by atoms with E-state index in [2.05, 4.69) is 12.1 Å². The van der Waals surface area contributed by atoms with Crippen LogP contribution in [0.5, 0.6) is 0 Å². The third kappa shape index (κ3) is 7.07. The molecule has 1 unspecified atom stereocenters. The Morgan fingerprint density at radius 1 is 1.28 bits per heavy atom. The van der Waals surface area contributed by atoms with Crippen molar-refractivity contribution in [2.24, 2.45) is 5.73 Å². The molecule has 0 bridgehead atoms. The number of ether oxygens (including phenoxy) is 1. The highest BCUT2D eigenvalue weighted by Gasteiger charge is 2.03. The van der Waals surface area contributed by atoms with Crippen LogP contribution in [0.3, 0.4) is 0 Å². The number of nitrogens with two attached hydrogens (primary N) is 1. The van der Waals surface area contributed by atoms with Crippen LogP contribution in [-0.2, 0) is 16.0 Å². The smallest absolute Gasteiger partial charge is 0.305 e. The summed E-state index contributed by atoms with van der Waals surface area (Å²) in [4.78, 5) is 11.4. The first-order valence-corrected chi connectivity index (χ1v) is 6.63. The molecule has 100 valence electrons. The van der Waals surface area contributed by atoms with Crippen molar-refractivity contribution in [2.75, 3.05) is 6.61 Å². The van der Waals surface area contributed by atoms with Gasteiger partial charge in [-0.1, -0.05) is 30.3 Å². The summed E-state index contributed by atoms with van der Waals surface area (Å²) in [7, 11) is 0. The van der Waals surface area contributed by atoms with Gasteiger partial charge in [0.05, 0.1) is 6.61 Å². The highest BCUT2D eigenvalue weighted by Crippen LogP contribution is 2.04. The molecule has 0 fully saturated rings. The zero-order valence-electron chi connectivity index (χ0n) is 11.1. The molecule has 0 aliphatic rings. The lowest BCUT2D eigenvalue weighted by atomic mass is 10.1. The number of rotatable bonds is 8. The lowest BCUT2D eigenvalue weighted by molar-refractivity contribution is -0.143. The van der Waals surface area contributed by atoms with E-state index in [-0.39, 0.29) is 12.0 Å². The molecule has 18 heavy (non-hydrogen) atoms. The Hall–Kier alpha value is -1.35. The van der Waals surface area contributed by atoms with Gasteiger partial charge in [-0.25, -0.2) is 0 Å². The van der Waals surface area contributed by atoms with E-state index in [4.69, 9.17) is 10.5 Å². The normalized spacial score (nSPS) is 12.1. The molecule has 1 rings (SSSR count). The lowest BCUT2D eigenvalue weighted by Crippen LogP contribution is -2.15. The Morgan fingerprint density at radius 2 is 2.00 bits per heavy atom. The Bertz CT molecular complexity index is 336. The first kappa shape index (κ1) is 14.7. The monoisotopic (exact) mass is 249 g/mol. The van der Waals surface area contributed by atoms with Crippen LogP contribution in [0.4, 0.5) is 0 Å². The molecule has 1 aromatic rings. The second kappa shape index (κ2) is 8.70. The van der Waals surface area contributed by atoms with Gasteiger partial charge in [0.2, 0.25) is 0 Å². The van der Waals surface area contributed by atoms with Crippen molar-refractivity contribution in [1.29, 1.82) is 0 Å². The molecular formula is C15H23NO2. The molecule has 2 N–H and O–H groups in total. The Labute approximate surface area is 109 Å². The van der Waals surface area contributed by atoms with Gasteiger partial charge in [-0.3, -0.25) is 4.79 Å². The van der Waals surface area contributed by atoms with Crippen molar-refractivity contribution >= 4 is 5.97 Å². The van der Waals surface area contributed by atoms with E-state index in [9.17, 15) is 4.79 Å². The Morgan fingerprint density at radius 3 is 2.67 bits per heavy atom. The standard InChI is InChI=1S/C15H23NO2/c1-13(16)7-5-11-15(17)18-12-6-10-14-8-3-2-4-9-14/h2-4,8-9,13H,5-7,10-12,16H2,1H3. The van der Waals surface area contributed by atoms with Crippen LogP contribution in [0.25, 0.3) is 0 Å². The van der Waals surface area contributed by atoms with E-state index >= 15 is 0 Å². The van der Waals surface area contributed by atoms with Gasteiger partial charge < -0.3 is 10.5 Å². The zero-order chi connectivity index (χ0) is 13.2. The quantitative estimate of drug-likeness (QED) is 0.569. The molecule has 1 aromatic carbocycles. The maximum atomic E-state index is 11.4. The van der Waals surface area contributed by atoms with E-state index in [1.165, 1.54) is 5.56 Å². The van der Waals surface area contributed by atoms with Crippen molar-refractivity contribution < 1.29 is 9.53 Å². The second-order valence-electron chi connectivity index (χ2n) is 4.68. The molecule has 0 aliphatic carbocycles. The molecule has 0 aromatic heterocycles.